The molecule has 0 fully saturated rings. The summed E-state index contributed by atoms with van der Waals surface area (Å²) in [5.41, 5.74) is 0.547. The van der Waals surface area contributed by atoms with E-state index < -0.39 is 22.5 Å². The molecule has 0 atom stereocenters. The molecule has 0 bridgehead atoms. The minimum atomic E-state index is -3.65. The molecule has 17 heavy (non-hydrogen) atoms. The van der Waals surface area contributed by atoms with E-state index in [9.17, 15) is 12.8 Å². The van der Waals surface area contributed by atoms with Crippen LogP contribution in [0.25, 0.3) is 0 Å². The summed E-state index contributed by atoms with van der Waals surface area (Å²) in [6.45, 7) is 1.20. The lowest BCUT2D eigenvalue weighted by Crippen LogP contribution is -2.06. The van der Waals surface area contributed by atoms with Gasteiger partial charge >= 0.3 is 0 Å². The Labute approximate surface area is 104 Å². The molecule has 0 aromatic heterocycles. The highest BCUT2D eigenvalue weighted by Gasteiger charge is 2.17. The van der Waals surface area contributed by atoms with Crippen molar-refractivity contribution in [1.29, 1.82) is 0 Å². The first-order valence-corrected chi connectivity index (χ1v) is 6.81. The van der Waals surface area contributed by atoms with Crippen LogP contribution in [0.1, 0.15) is 11.1 Å². The van der Waals surface area contributed by atoms with E-state index in [1.165, 1.54) is 13.2 Å². The third kappa shape index (κ3) is 3.55. The van der Waals surface area contributed by atoms with E-state index in [0.29, 0.717) is 5.56 Å². The Bertz CT molecular complexity index is 528. The maximum Gasteiger partial charge on any atom is 0.264 e. The number of hydrogen-bond acceptors (Lipinski definition) is 4. The number of ether oxygens (including phenoxy) is 1. The van der Waals surface area contributed by atoms with Crippen LogP contribution < -0.4 is 4.74 Å². The van der Waals surface area contributed by atoms with Gasteiger partial charge in [0, 0.05) is 5.56 Å². The van der Waals surface area contributed by atoms with Crippen LogP contribution >= 0.6 is 11.6 Å². The standard InChI is InChI=1S/C10H12ClFO4S/c1-6-4-8(15-2)10(12)7(9(6)11)5-16-17(3,13)14/h4H,5H2,1-3H3. The van der Waals surface area contributed by atoms with Crippen molar-refractivity contribution in [2.75, 3.05) is 13.4 Å². The molecular weight excluding hydrogens is 271 g/mol. The Morgan fingerprint density at radius 2 is 2.06 bits per heavy atom. The molecule has 96 valence electrons. The van der Waals surface area contributed by atoms with Crippen LogP contribution in [0.15, 0.2) is 6.07 Å². The summed E-state index contributed by atoms with van der Waals surface area (Å²) in [5.74, 6) is -0.717. The van der Waals surface area contributed by atoms with Crippen LogP contribution in [-0.4, -0.2) is 21.8 Å². The highest BCUT2D eigenvalue weighted by molar-refractivity contribution is 7.85. The van der Waals surface area contributed by atoms with Crippen molar-refractivity contribution in [1.82, 2.24) is 0 Å². The van der Waals surface area contributed by atoms with Crippen molar-refractivity contribution in [2.45, 2.75) is 13.5 Å². The second kappa shape index (κ2) is 5.20. The van der Waals surface area contributed by atoms with Gasteiger partial charge in [-0.05, 0) is 18.6 Å². The Morgan fingerprint density at radius 3 is 2.53 bits per heavy atom. The first-order chi connectivity index (χ1) is 7.76. The second-order valence-corrected chi connectivity index (χ2v) is 5.49. The Hall–Kier alpha value is -0.850. The number of rotatable bonds is 4. The van der Waals surface area contributed by atoms with Crippen LogP contribution in [-0.2, 0) is 20.9 Å². The smallest absolute Gasteiger partial charge is 0.264 e. The Kier molecular flexibility index (Phi) is 4.35. The Balaban J connectivity index is 3.18. The third-order valence-electron chi connectivity index (χ3n) is 2.08. The monoisotopic (exact) mass is 282 g/mol. The molecule has 1 aromatic rings. The van der Waals surface area contributed by atoms with Crippen molar-refractivity contribution in [3.8, 4) is 5.75 Å². The van der Waals surface area contributed by atoms with Gasteiger partial charge in [0.25, 0.3) is 10.1 Å². The zero-order valence-corrected chi connectivity index (χ0v) is 11.2. The van der Waals surface area contributed by atoms with E-state index in [0.717, 1.165) is 6.26 Å². The van der Waals surface area contributed by atoms with Gasteiger partial charge in [0.05, 0.1) is 25.0 Å². The fourth-order valence-electron chi connectivity index (χ4n) is 1.25. The van der Waals surface area contributed by atoms with Gasteiger partial charge in [-0.1, -0.05) is 11.6 Å². The number of methoxy groups -OCH3 is 1. The van der Waals surface area contributed by atoms with Crippen molar-refractivity contribution >= 4 is 21.7 Å². The van der Waals surface area contributed by atoms with Crippen LogP contribution in [0, 0.1) is 12.7 Å². The fraction of sp³-hybridized carbons (Fsp3) is 0.400. The van der Waals surface area contributed by atoms with Crippen LogP contribution in [0.2, 0.25) is 5.02 Å². The first kappa shape index (κ1) is 14.2. The second-order valence-electron chi connectivity index (χ2n) is 3.47. The minimum absolute atomic E-state index is 0.000925. The summed E-state index contributed by atoms with van der Waals surface area (Å²) < 4.78 is 44.8. The zero-order chi connectivity index (χ0) is 13.2. The molecule has 7 heteroatoms. The zero-order valence-electron chi connectivity index (χ0n) is 9.58. The molecule has 0 unspecified atom stereocenters. The van der Waals surface area contributed by atoms with E-state index in [1.54, 1.807) is 6.92 Å². The summed E-state index contributed by atoms with van der Waals surface area (Å²) in [7, 11) is -2.34. The molecule has 0 saturated heterocycles. The quantitative estimate of drug-likeness (QED) is 0.795. The molecule has 1 rings (SSSR count). The lowest BCUT2D eigenvalue weighted by Gasteiger charge is -2.11. The van der Waals surface area contributed by atoms with Crippen molar-refractivity contribution in [3.05, 3.63) is 28.0 Å². The van der Waals surface area contributed by atoms with Gasteiger partial charge in [0.1, 0.15) is 0 Å². The van der Waals surface area contributed by atoms with Gasteiger partial charge in [0.15, 0.2) is 11.6 Å². The van der Waals surface area contributed by atoms with E-state index in [4.69, 9.17) is 16.3 Å². The molecule has 0 radical (unpaired) electrons. The van der Waals surface area contributed by atoms with E-state index in [-0.39, 0.29) is 16.3 Å². The van der Waals surface area contributed by atoms with Gasteiger partial charge in [-0.2, -0.15) is 8.42 Å². The number of benzene rings is 1. The van der Waals surface area contributed by atoms with E-state index in [1.807, 2.05) is 0 Å². The summed E-state index contributed by atoms with van der Waals surface area (Å²) in [6.07, 6.45) is 0.881. The maximum absolute atomic E-state index is 13.8. The molecule has 0 spiro atoms. The van der Waals surface area contributed by atoms with Gasteiger partial charge in [-0.25, -0.2) is 4.39 Å². The lowest BCUT2D eigenvalue weighted by molar-refractivity contribution is 0.301. The molecule has 0 aliphatic rings. The van der Waals surface area contributed by atoms with Crippen LogP contribution in [0.5, 0.6) is 5.75 Å². The van der Waals surface area contributed by atoms with Gasteiger partial charge in [-0.15, -0.1) is 0 Å². The molecule has 0 aliphatic heterocycles. The van der Waals surface area contributed by atoms with Gasteiger partial charge in [0.2, 0.25) is 0 Å². The maximum atomic E-state index is 13.8. The Morgan fingerprint density at radius 1 is 1.47 bits per heavy atom. The molecule has 0 aliphatic carbocycles. The molecule has 0 amide bonds. The molecule has 0 heterocycles. The molecular formula is C10H12ClFO4S. The molecule has 4 nitrogen and oxygen atoms in total. The summed E-state index contributed by atoms with van der Waals surface area (Å²) in [5, 5.41) is 0.131. The summed E-state index contributed by atoms with van der Waals surface area (Å²) in [4.78, 5) is 0. The SMILES string of the molecule is COc1cc(C)c(Cl)c(COS(C)(=O)=O)c1F. The topological polar surface area (TPSA) is 52.6 Å². The summed E-state index contributed by atoms with van der Waals surface area (Å²) >= 11 is 5.89. The van der Waals surface area contributed by atoms with Gasteiger partial charge in [-0.3, -0.25) is 4.18 Å². The van der Waals surface area contributed by atoms with Crippen molar-refractivity contribution < 1.29 is 21.7 Å². The molecule has 0 N–H and O–H groups in total. The van der Waals surface area contributed by atoms with Gasteiger partial charge < -0.3 is 4.74 Å². The van der Waals surface area contributed by atoms with E-state index in [2.05, 4.69) is 4.18 Å². The lowest BCUT2D eigenvalue weighted by atomic mass is 10.1. The van der Waals surface area contributed by atoms with Crippen molar-refractivity contribution in [2.24, 2.45) is 0 Å². The largest absolute Gasteiger partial charge is 0.494 e. The number of hydrogen-bond donors (Lipinski definition) is 0. The minimum Gasteiger partial charge on any atom is -0.494 e. The van der Waals surface area contributed by atoms with Crippen LogP contribution in [0.3, 0.4) is 0 Å². The predicted molar refractivity (Wildman–Crippen MR) is 62.3 cm³/mol. The number of halogens is 2. The van der Waals surface area contributed by atoms with E-state index >= 15 is 0 Å². The first-order valence-electron chi connectivity index (χ1n) is 4.62. The predicted octanol–water partition coefficient (Wildman–Crippen LogP) is 2.27. The van der Waals surface area contributed by atoms with Crippen LogP contribution in [0.4, 0.5) is 4.39 Å². The average Bonchev–Trinajstić information content (AvgIpc) is 2.22. The highest BCUT2D eigenvalue weighted by atomic mass is 35.5. The summed E-state index contributed by atoms with van der Waals surface area (Å²) in [6, 6.07) is 1.43. The number of aryl methyl sites for hydroxylation is 1. The molecule has 0 saturated carbocycles. The van der Waals surface area contributed by atoms with Crippen molar-refractivity contribution in [3.63, 3.8) is 0 Å². The normalized spacial score (nSPS) is 11.6. The third-order valence-corrected chi connectivity index (χ3v) is 3.15. The molecule has 1 aromatic carbocycles. The average molecular weight is 283 g/mol. The highest BCUT2D eigenvalue weighted by Crippen LogP contribution is 2.31. The fourth-order valence-corrected chi connectivity index (χ4v) is 1.77.